The summed E-state index contributed by atoms with van der Waals surface area (Å²) in [6, 6.07) is 8.68. The van der Waals surface area contributed by atoms with Crippen LogP contribution in [0.2, 0.25) is 0 Å². The van der Waals surface area contributed by atoms with E-state index in [-0.39, 0.29) is 18.2 Å². The van der Waals surface area contributed by atoms with Crippen LogP contribution in [-0.4, -0.2) is 41.6 Å². The van der Waals surface area contributed by atoms with Crippen molar-refractivity contribution in [2.45, 2.75) is 58.8 Å². The van der Waals surface area contributed by atoms with E-state index in [1.165, 1.54) is 12.1 Å². The summed E-state index contributed by atoms with van der Waals surface area (Å²) in [4.78, 5) is 29.7. The van der Waals surface area contributed by atoms with Crippen molar-refractivity contribution in [3.63, 3.8) is 0 Å². The zero-order valence-electron chi connectivity index (χ0n) is 22.3. The van der Waals surface area contributed by atoms with Gasteiger partial charge in [-0.15, -0.1) is 0 Å². The molecule has 1 aliphatic rings. The SMILES string of the molecule is C/C=C(/C)c1ccnc(-c2nc3nc(C(=O)O)nc(NC(C)C4CCC4)c3n2Cc2ccc(C(F)(F)F)cc2)c1. The largest absolute Gasteiger partial charge is 0.475 e. The van der Waals surface area contributed by atoms with Gasteiger partial charge >= 0.3 is 12.1 Å². The highest BCUT2D eigenvalue weighted by atomic mass is 19.4. The number of anilines is 1. The molecule has 0 aliphatic heterocycles. The average molecular weight is 551 g/mol. The van der Waals surface area contributed by atoms with Gasteiger partial charge in [0.1, 0.15) is 11.2 Å². The van der Waals surface area contributed by atoms with Crippen LogP contribution in [0.5, 0.6) is 0 Å². The molecule has 8 nitrogen and oxygen atoms in total. The molecule has 11 heteroatoms. The van der Waals surface area contributed by atoms with Crippen molar-refractivity contribution < 1.29 is 23.1 Å². The van der Waals surface area contributed by atoms with Crippen LogP contribution in [0.15, 0.2) is 48.7 Å². The van der Waals surface area contributed by atoms with Gasteiger partial charge in [0, 0.05) is 18.8 Å². The fourth-order valence-electron chi connectivity index (χ4n) is 4.80. The quantitative estimate of drug-likeness (QED) is 0.252. The molecule has 1 unspecified atom stereocenters. The van der Waals surface area contributed by atoms with Crippen molar-refractivity contribution in [3.05, 3.63) is 71.2 Å². The summed E-state index contributed by atoms with van der Waals surface area (Å²) >= 11 is 0. The molecule has 2 N–H and O–H groups in total. The minimum Gasteiger partial charge on any atom is -0.475 e. The summed E-state index contributed by atoms with van der Waals surface area (Å²) in [5, 5.41) is 13.1. The third kappa shape index (κ3) is 5.41. The number of carbonyl (C=O) groups is 1. The van der Waals surface area contributed by atoms with Gasteiger partial charge in [0.15, 0.2) is 17.3 Å². The number of halogens is 3. The topological polar surface area (TPSA) is 106 Å². The predicted molar refractivity (Wildman–Crippen MR) is 146 cm³/mol. The predicted octanol–water partition coefficient (Wildman–Crippen LogP) is 6.68. The fourth-order valence-corrected chi connectivity index (χ4v) is 4.80. The molecule has 1 aromatic carbocycles. The van der Waals surface area contributed by atoms with E-state index in [2.05, 4.69) is 20.3 Å². The second-order valence-electron chi connectivity index (χ2n) is 10.1. The van der Waals surface area contributed by atoms with Crippen LogP contribution in [0, 0.1) is 5.92 Å². The number of nitrogens with one attached hydrogen (secondary N) is 1. The summed E-state index contributed by atoms with van der Waals surface area (Å²) in [7, 11) is 0. The average Bonchev–Trinajstić information content (AvgIpc) is 3.25. The minimum atomic E-state index is -4.45. The lowest BCUT2D eigenvalue weighted by Gasteiger charge is -2.32. The van der Waals surface area contributed by atoms with Crippen molar-refractivity contribution in [2.24, 2.45) is 5.92 Å². The molecule has 0 bridgehead atoms. The molecule has 208 valence electrons. The highest BCUT2D eigenvalue weighted by molar-refractivity contribution is 5.92. The molecular weight excluding hydrogens is 521 g/mol. The Kier molecular flexibility index (Phi) is 7.31. The molecule has 5 rings (SSSR count). The smallest absolute Gasteiger partial charge is 0.416 e. The van der Waals surface area contributed by atoms with Crippen LogP contribution in [0.1, 0.15) is 67.3 Å². The molecule has 40 heavy (non-hydrogen) atoms. The van der Waals surface area contributed by atoms with Crippen LogP contribution in [0.3, 0.4) is 0 Å². The first-order valence-corrected chi connectivity index (χ1v) is 13.1. The van der Waals surface area contributed by atoms with Crippen LogP contribution >= 0.6 is 0 Å². The molecule has 4 aromatic rings. The van der Waals surface area contributed by atoms with E-state index >= 15 is 0 Å². The third-order valence-electron chi connectivity index (χ3n) is 7.51. The first-order valence-electron chi connectivity index (χ1n) is 13.1. The van der Waals surface area contributed by atoms with Crippen LogP contribution in [0.4, 0.5) is 19.0 Å². The number of benzene rings is 1. The number of aromatic nitrogens is 5. The van der Waals surface area contributed by atoms with Gasteiger partial charge in [-0.05, 0) is 80.5 Å². The Morgan fingerprint density at radius 1 is 1.18 bits per heavy atom. The van der Waals surface area contributed by atoms with Crippen molar-refractivity contribution in [2.75, 3.05) is 5.32 Å². The van der Waals surface area contributed by atoms with Gasteiger partial charge in [-0.2, -0.15) is 13.2 Å². The maximum atomic E-state index is 13.2. The standard InChI is InChI=1S/C29H29F3N6O2/c1-4-16(2)20-12-13-33-22(14-20)27-37-25-23(38(27)15-18-8-10-21(11-9-18)29(30,31)32)24(35-26(36-25)28(39)40)34-17(3)19-6-5-7-19/h4,8-14,17,19H,5-7,15H2,1-3H3,(H,39,40)(H,34,35,36)/b16-4-. The normalized spacial score (nSPS) is 15.2. The molecule has 1 fully saturated rings. The second kappa shape index (κ2) is 10.7. The van der Waals surface area contributed by atoms with Crippen LogP contribution in [0.25, 0.3) is 28.3 Å². The molecular formula is C29H29F3N6O2. The van der Waals surface area contributed by atoms with Crippen molar-refractivity contribution in [3.8, 4) is 11.5 Å². The van der Waals surface area contributed by atoms with E-state index in [4.69, 9.17) is 4.98 Å². The van der Waals surface area contributed by atoms with Crippen LogP contribution < -0.4 is 5.32 Å². The van der Waals surface area contributed by atoms with E-state index in [1.807, 2.05) is 39.0 Å². The molecule has 1 saturated carbocycles. The Morgan fingerprint density at radius 3 is 2.50 bits per heavy atom. The first kappa shape index (κ1) is 27.3. The molecule has 0 saturated heterocycles. The Labute approximate surface area is 229 Å². The lowest BCUT2D eigenvalue weighted by Crippen LogP contribution is -2.31. The summed E-state index contributed by atoms with van der Waals surface area (Å²) in [6.07, 6.45) is 2.44. The molecule has 0 amide bonds. The summed E-state index contributed by atoms with van der Waals surface area (Å²) in [5.41, 5.74) is 2.93. The lowest BCUT2D eigenvalue weighted by atomic mass is 9.80. The Hall–Kier alpha value is -4.28. The number of imidazole rings is 1. The van der Waals surface area contributed by atoms with Crippen LogP contribution in [-0.2, 0) is 12.7 Å². The number of carboxylic acid groups (broad SMARTS) is 1. The number of pyridine rings is 1. The number of nitrogens with zero attached hydrogens (tertiary/aromatic N) is 5. The van der Waals surface area contributed by atoms with E-state index < -0.39 is 23.5 Å². The Balaban J connectivity index is 1.70. The van der Waals surface area contributed by atoms with Gasteiger partial charge in [-0.25, -0.2) is 19.7 Å². The lowest BCUT2D eigenvalue weighted by molar-refractivity contribution is -0.137. The van der Waals surface area contributed by atoms with E-state index in [1.54, 1.807) is 10.8 Å². The van der Waals surface area contributed by atoms with Gasteiger partial charge < -0.3 is 15.0 Å². The molecule has 0 spiro atoms. The van der Waals surface area contributed by atoms with Crippen molar-refractivity contribution in [1.82, 2.24) is 24.5 Å². The molecule has 1 atom stereocenters. The van der Waals surface area contributed by atoms with Gasteiger partial charge in [0.05, 0.1) is 5.56 Å². The van der Waals surface area contributed by atoms with E-state index in [9.17, 15) is 23.1 Å². The molecule has 0 radical (unpaired) electrons. The van der Waals surface area contributed by atoms with Crippen molar-refractivity contribution >= 4 is 28.5 Å². The second-order valence-corrected chi connectivity index (χ2v) is 10.1. The monoisotopic (exact) mass is 550 g/mol. The minimum absolute atomic E-state index is 0.0187. The number of alkyl halides is 3. The number of hydrogen-bond donors (Lipinski definition) is 2. The Morgan fingerprint density at radius 2 is 1.90 bits per heavy atom. The number of hydrogen-bond acceptors (Lipinski definition) is 6. The number of carboxylic acids is 1. The molecule has 3 aromatic heterocycles. The van der Waals surface area contributed by atoms with E-state index in [0.29, 0.717) is 34.3 Å². The number of aromatic carboxylic acids is 1. The zero-order valence-corrected chi connectivity index (χ0v) is 22.3. The Bertz CT molecular complexity index is 1590. The van der Waals surface area contributed by atoms with Gasteiger partial charge in [-0.3, -0.25) is 4.98 Å². The summed E-state index contributed by atoms with van der Waals surface area (Å²) in [5.74, 6) is -0.548. The fraction of sp³-hybridized carbons (Fsp3) is 0.345. The number of fused-ring (bicyclic) bond motifs is 1. The first-order chi connectivity index (χ1) is 19.0. The maximum Gasteiger partial charge on any atom is 0.416 e. The van der Waals surface area contributed by atoms with Gasteiger partial charge in [0.25, 0.3) is 0 Å². The van der Waals surface area contributed by atoms with Gasteiger partial charge in [-0.1, -0.05) is 24.6 Å². The summed E-state index contributed by atoms with van der Waals surface area (Å²) < 4.78 is 41.4. The highest BCUT2D eigenvalue weighted by Gasteiger charge is 2.30. The summed E-state index contributed by atoms with van der Waals surface area (Å²) in [6.45, 7) is 6.07. The van der Waals surface area contributed by atoms with E-state index in [0.717, 1.165) is 42.5 Å². The number of allylic oxidation sites excluding steroid dienone is 2. The van der Waals surface area contributed by atoms with Gasteiger partial charge in [0.2, 0.25) is 5.82 Å². The molecule has 1 aliphatic carbocycles. The number of rotatable bonds is 8. The maximum absolute atomic E-state index is 13.2. The zero-order chi connectivity index (χ0) is 28.6. The molecule has 3 heterocycles. The third-order valence-corrected chi connectivity index (χ3v) is 7.51. The van der Waals surface area contributed by atoms with Crippen molar-refractivity contribution in [1.29, 1.82) is 0 Å². The highest BCUT2D eigenvalue weighted by Crippen LogP contribution is 2.34.